The van der Waals surface area contributed by atoms with E-state index in [0.29, 0.717) is 15.7 Å². The highest BCUT2D eigenvalue weighted by molar-refractivity contribution is 9.10. The van der Waals surface area contributed by atoms with E-state index in [0.717, 1.165) is 0 Å². The molecule has 0 heterocycles. The first-order valence-corrected chi connectivity index (χ1v) is 4.45. The van der Waals surface area contributed by atoms with E-state index >= 15 is 0 Å². The van der Waals surface area contributed by atoms with Crippen LogP contribution in [0.5, 0.6) is 0 Å². The zero-order valence-corrected chi connectivity index (χ0v) is 8.83. The van der Waals surface area contributed by atoms with Gasteiger partial charge in [-0.2, -0.15) is 5.26 Å². The first-order chi connectivity index (χ1) is 6.60. The average molecular weight is 256 g/mol. The number of halogens is 1. The summed E-state index contributed by atoms with van der Waals surface area (Å²) in [5.41, 5.74) is 0.632. The molecule has 1 rings (SSSR count). The molecule has 0 aliphatic heterocycles. The monoisotopic (exact) mass is 255 g/mol. The Kier molecular flexibility index (Phi) is 3.04. The number of nitro groups is 1. The highest BCUT2D eigenvalue weighted by atomic mass is 79.9. The minimum absolute atomic E-state index is 0.0571. The molecule has 0 spiro atoms. The number of nitro benzene ring substituents is 1. The van der Waals surface area contributed by atoms with Gasteiger partial charge in [-0.05, 0) is 22.0 Å². The molecule has 0 amide bonds. The SMILES string of the molecule is CNc1cc(C#N)c(Br)cc1[N+](=O)[O-]. The molecule has 0 radical (unpaired) electrons. The molecule has 0 saturated carbocycles. The van der Waals surface area contributed by atoms with Crippen LogP contribution in [0.4, 0.5) is 11.4 Å². The Balaban J connectivity index is 3.41. The Bertz CT molecular complexity index is 425. The van der Waals surface area contributed by atoms with E-state index in [9.17, 15) is 10.1 Å². The molecule has 0 aromatic heterocycles. The van der Waals surface area contributed by atoms with Crippen LogP contribution in [0.3, 0.4) is 0 Å². The lowest BCUT2D eigenvalue weighted by Crippen LogP contribution is -1.97. The second-order valence-corrected chi connectivity index (χ2v) is 3.32. The predicted molar refractivity (Wildman–Crippen MR) is 55.1 cm³/mol. The summed E-state index contributed by atoms with van der Waals surface area (Å²) in [4.78, 5) is 10.1. The number of hydrogen-bond donors (Lipinski definition) is 1. The van der Waals surface area contributed by atoms with Crippen molar-refractivity contribution in [1.82, 2.24) is 0 Å². The van der Waals surface area contributed by atoms with Crippen molar-refractivity contribution >= 4 is 27.3 Å². The van der Waals surface area contributed by atoms with Gasteiger partial charge in [0.05, 0.1) is 10.5 Å². The van der Waals surface area contributed by atoms with Gasteiger partial charge in [0.1, 0.15) is 11.8 Å². The Morgan fingerprint density at radius 3 is 2.71 bits per heavy atom. The second kappa shape index (κ2) is 4.07. The summed E-state index contributed by atoms with van der Waals surface area (Å²) in [6, 6.07) is 4.67. The summed E-state index contributed by atoms with van der Waals surface area (Å²) in [6.07, 6.45) is 0. The van der Waals surface area contributed by atoms with E-state index in [1.54, 1.807) is 7.05 Å². The number of rotatable bonds is 2. The smallest absolute Gasteiger partial charge is 0.293 e. The van der Waals surface area contributed by atoms with E-state index in [4.69, 9.17) is 5.26 Å². The van der Waals surface area contributed by atoms with Crippen LogP contribution in [0.15, 0.2) is 16.6 Å². The van der Waals surface area contributed by atoms with Gasteiger partial charge >= 0.3 is 0 Å². The first-order valence-electron chi connectivity index (χ1n) is 3.66. The fourth-order valence-electron chi connectivity index (χ4n) is 1.000. The minimum Gasteiger partial charge on any atom is -0.383 e. The van der Waals surface area contributed by atoms with Crippen LogP contribution in [-0.4, -0.2) is 12.0 Å². The van der Waals surface area contributed by atoms with Crippen molar-refractivity contribution < 1.29 is 4.92 Å². The quantitative estimate of drug-likeness (QED) is 0.650. The number of nitrogens with zero attached hydrogens (tertiary/aromatic N) is 2. The molecule has 0 saturated heterocycles. The number of benzene rings is 1. The van der Waals surface area contributed by atoms with Gasteiger partial charge in [0.25, 0.3) is 5.69 Å². The molecular formula is C8H6BrN3O2. The molecule has 0 atom stereocenters. The summed E-state index contributed by atoms with van der Waals surface area (Å²) in [5.74, 6) is 0. The standard InChI is InChI=1S/C8H6BrN3O2/c1-11-7-2-5(4-10)6(9)3-8(7)12(13)14/h2-3,11H,1H3. The maximum atomic E-state index is 10.6. The van der Waals surface area contributed by atoms with Crippen LogP contribution >= 0.6 is 15.9 Å². The molecule has 0 aliphatic rings. The first kappa shape index (κ1) is 10.5. The molecule has 0 aliphatic carbocycles. The Morgan fingerprint density at radius 2 is 2.29 bits per heavy atom. The average Bonchev–Trinajstić information content (AvgIpc) is 2.17. The summed E-state index contributed by atoms with van der Waals surface area (Å²) in [6.45, 7) is 0. The third kappa shape index (κ3) is 1.83. The molecule has 14 heavy (non-hydrogen) atoms. The number of hydrogen-bond acceptors (Lipinski definition) is 4. The molecule has 1 aromatic carbocycles. The third-order valence-corrected chi connectivity index (χ3v) is 2.33. The van der Waals surface area contributed by atoms with E-state index in [-0.39, 0.29) is 5.69 Å². The number of nitriles is 1. The van der Waals surface area contributed by atoms with Gasteiger partial charge in [-0.1, -0.05) is 0 Å². The van der Waals surface area contributed by atoms with Crippen LogP contribution in [0.2, 0.25) is 0 Å². The van der Waals surface area contributed by atoms with E-state index in [2.05, 4.69) is 21.2 Å². The lowest BCUT2D eigenvalue weighted by molar-refractivity contribution is -0.384. The van der Waals surface area contributed by atoms with Crippen LogP contribution in [0.25, 0.3) is 0 Å². The maximum absolute atomic E-state index is 10.6. The summed E-state index contributed by atoms with van der Waals surface area (Å²) >= 11 is 3.08. The molecular weight excluding hydrogens is 250 g/mol. The highest BCUT2D eigenvalue weighted by Crippen LogP contribution is 2.30. The highest BCUT2D eigenvalue weighted by Gasteiger charge is 2.15. The molecule has 72 valence electrons. The van der Waals surface area contributed by atoms with E-state index in [1.165, 1.54) is 12.1 Å². The van der Waals surface area contributed by atoms with Gasteiger partial charge in [-0.15, -0.1) is 0 Å². The van der Waals surface area contributed by atoms with Crippen molar-refractivity contribution in [2.24, 2.45) is 0 Å². The molecule has 5 nitrogen and oxygen atoms in total. The normalized spacial score (nSPS) is 9.21. The van der Waals surface area contributed by atoms with Gasteiger partial charge in [0, 0.05) is 17.6 Å². The Morgan fingerprint density at radius 1 is 1.64 bits per heavy atom. The van der Waals surface area contributed by atoms with E-state index in [1.807, 2.05) is 6.07 Å². The zero-order valence-electron chi connectivity index (χ0n) is 7.24. The van der Waals surface area contributed by atoms with Crippen molar-refractivity contribution in [1.29, 1.82) is 5.26 Å². The summed E-state index contributed by atoms with van der Waals surface area (Å²) < 4.78 is 0.422. The molecule has 0 bridgehead atoms. The van der Waals surface area contributed by atoms with Crippen molar-refractivity contribution in [2.45, 2.75) is 0 Å². The van der Waals surface area contributed by atoms with Crippen molar-refractivity contribution in [2.75, 3.05) is 12.4 Å². The minimum atomic E-state index is -0.502. The van der Waals surface area contributed by atoms with Gasteiger partial charge in [-0.25, -0.2) is 0 Å². The van der Waals surface area contributed by atoms with Gasteiger partial charge < -0.3 is 5.32 Å². The fraction of sp³-hybridized carbons (Fsp3) is 0.125. The fourth-order valence-corrected chi connectivity index (χ4v) is 1.42. The number of anilines is 1. The molecule has 0 unspecified atom stereocenters. The van der Waals surface area contributed by atoms with Crippen molar-refractivity contribution in [3.8, 4) is 6.07 Å². The van der Waals surface area contributed by atoms with Crippen LogP contribution in [-0.2, 0) is 0 Å². The summed E-state index contributed by atoms with van der Waals surface area (Å²) in [7, 11) is 1.57. The van der Waals surface area contributed by atoms with E-state index < -0.39 is 4.92 Å². The van der Waals surface area contributed by atoms with Crippen LogP contribution < -0.4 is 5.32 Å². The third-order valence-electron chi connectivity index (χ3n) is 1.67. The lowest BCUT2D eigenvalue weighted by atomic mass is 10.2. The van der Waals surface area contributed by atoms with Crippen molar-refractivity contribution in [3.63, 3.8) is 0 Å². The summed E-state index contributed by atoms with van der Waals surface area (Å²) in [5, 5.41) is 21.9. The Labute approximate surface area is 88.6 Å². The topological polar surface area (TPSA) is 79.0 Å². The molecule has 0 fully saturated rings. The lowest BCUT2D eigenvalue weighted by Gasteiger charge is -2.03. The zero-order chi connectivity index (χ0) is 10.7. The molecule has 1 aromatic rings. The van der Waals surface area contributed by atoms with Crippen LogP contribution in [0.1, 0.15) is 5.56 Å². The van der Waals surface area contributed by atoms with Crippen molar-refractivity contribution in [3.05, 3.63) is 32.3 Å². The Hall–Kier alpha value is -1.61. The van der Waals surface area contributed by atoms with Crippen LogP contribution in [0, 0.1) is 21.4 Å². The largest absolute Gasteiger partial charge is 0.383 e. The number of nitrogens with one attached hydrogen (secondary N) is 1. The predicted octanol–water partition coefficient (Wildman–Crippen LogP) is 2.27. The van der Waals surface area contributed by atoms with Gasteiger partial charge in [0.2, 0.25) is 0 Å². The van der Waals surface area contributed by atoms with Gasteiger partial charge in [-0.3, -0.25) is 10.1 Å². The molecule has 1 N–H and O–H groups in total. The van der Waals surface area contributed by atoms with Gasteiger partial charge in [0.15, 0.2) is 0 Å². The maximum Gasteiger partial charge on any atom is 0.293 e. The molecule has 6 heteroatoms. The second-order valence-electron chi connectivity index (χ2n) is 2.47.